The Morgan fingerprint density at radius 2 is 2.27 bits per heavy atom. The number of nitrogens with two attached hydrogens (primary N) is 1. The smallest absolute Gasteiger partial charge is 0.228 e. The molecule has 2 N–H and O–H groups in total. The molecule has 0 radical (unpaired) electrons. The van der Waals surface area contributed by atoms with E-state index in [1.54, 1.807) is 11.0 Å². The highest BCUT2D eigenvalue weighted by molar-refractivity contribution is 9.10. The zero-order chi connectivity index (χ0) is 11.0. The van der Waals surface area contributed by atoms with E-state index in [4.69, 9.17) is 17.3 Å². The second kappa shape index (κ2) is 4.12. The first-order valence-corrected chi connectivity index (χ1v) is 5.76. The van der Waals surface area contributed by atoms with Crippen LogP contribution in [-0.2, 0) is 4.79 Å². The number of halogens is 2. The number of carbonyl (C=O) groups excluding carboxylic acids is 1. The summed E-state index contributed by atoms with van der Waals surface area (Å²) in [6, 6.07) is 5.37. The van der Waals surface area contributed by atoms with Gasteiger partial charge in [-0.15, -0.1) is 0 Å². The predicted octanol–water partition coefficient (Wildman–Crippen LogP) is 2.17. The van der Waals surface area contributed by atoms with Crippen LogP contribution in [0.5, 0.6) is 0 Å². The van der Waals surface area contributed by atoms with Gasteiger partial charge in [-0.25, -0.2) is 0 Å². The lowest BCUT2D eigenvalue weighted by atomic mass is 10.3. The summed E-state index contributed by atoms with van der Waals surface area (Å²) in [5, 5.41) is 0.562. The van der Waals surface area contributed by atoms with E-state index in [1.165, 1.54) is 0 Å². The van der Waals surface area contributed by atoms with Crippen molar-refractivity contribution in [2.75, 3.05) is 11.4 Å². The van der Waals surface area contributed by atoms with Crippen LogP contribution in [0.25, 0.3) is 0 Å². The number of rotatable bonds is 1. The summed E-state index contributed by atoms with van der Waals surface area (Å²) in [5.41, 5.74) is 6.45. The molecular weight excluding hydrogens is 279 g/mol. The molecule has 80 valence electrons. The van der Waals surface area contributed by atoms with Crippen LogP contribution in [0.2, 0.25) is 5.02 Å². The maximum absolute atomic E-state index is 11.6. The van der Waals surface area contributed by atoms with Gasteiger partial charge in [-0.1, -0.05) is 27.5 Å². The SMILES string of the molecule is NC1CC(=O)N(c2ccc(Br)cc2Cl)C1. The Kier molecular flexibility index (Phi) is 3.00. The molecule has 1 amide bonds. The topological polar surface area (TPSA) is 46.3 Å². The molecule has 0 saturated carbocycles. The van der Waals surface area contributed by atoms with Crippen molar-refractivity contribution >= 4 is 39.1 Å². The summed E-state index contributed by atoms with van der Waals surface area (Å²) in [4.78, 5) is 13.2. The van der Waals surface area contributed by atoms with Crippen LogP contribution in [0.4, 0.5) is 5.69 Å². The van der Waals surface area contributed by atoms with Crippen LogP contribution < -0.4 is 10.6 Å². The second-order valence-corrected chi connectivity index (χ2v) is 4.89. The van der Waals surface area contributed by atoms with Gasteiger partial charge >= 0.3 is 0 Å². The van der Waals surface area contributed by atoms with Gasteiger partial charge in [-0.2, -0.15) is 0 Å². The molecular formula is C10H10BrClN2O. The molecule has 15 heavy (non-hydrogen) atoms. The molecule has 1 aliphatic rings. The first kappa shape index (κ1) is 10.9. The summed E-state index contributed by atoms with van der Waals surface area (Å²) in [5.74, 6) is 0.0340. The molecule has 5 heteroatoms. The molecule has 1 atom stereocenters. The van der Waals surface area contributed by atoms with Crippen molar-refractivity contribution < 1.29 is 4.79 Å². The number of nitrogens with zero attached hydrogens (tertiary/aromatic N) is 1. The van der Waals surface area contributed by atoms with Gasteiger partial charge in [0.1, 0.15) is 0 Å². The number of anilines is 1. The summed E-state index contributed by atoms with van der Waals surface area (Å²) < 4.78 is 0.896. The largest absolute Gasteiger partial charge is 0.326 e. The van der Waals surface area contributed by atoms with Crippen molar-refractivity contribution in [3.63, 3.8) is 0 Å². The van der Waals surface area contributed by atoms with E-state index in [9.17, 15) is 4.79 Å². The lowest BCUT2D eigenvalue weighted by Gasteiger charge is -2.17. The van der Waals surface area contributed by atoms with E-state index in [1.807, 2.05) is 12.1 Å². The Bertz CT molecular complexity index is 410. The maximum Gasteiger partial charge on any atom is 0.228 e. The quantitative estimate of drug-likeness (QED) is 0.861. The van der Waals surface area contributed by atoms with Crippen LogP contribution in [0.3, 0.4) is 0 Å². The normalized spacial score (nSPS) is 21.1. The highest BCUT2D eigenvalue weighted by atomic mass is 79.9. The average molecular weight is 290 g/mol. The minimum absolute atomic E-state index is 0.0340. The fraction of sp³-hybridized carbons (Fsp3) is 0.300. The van der Waals surface area contributed by atoms with E-state index in [0.717, 1.165) is 10.2 Å². The molecule has 3 nitrogen and oxygen atoms in total. The minimum atomic E-state index is -0.0859. The Morgan fingerprint density at radius 1 is 1.53 bits per heavy atom. The van der Waals surface area contributed by atoms with Crippen molar-refractivity contribution in [3.05, 3.63) is 27.7 Å². The van der Waals surface area contributed by atoms with Crippen molar-refractivity contribution in [3.8, 4) is 0 Å². The number of hydrogen-bond donors (Lipinski definition) is 1. The molecule has 1 saturated heterocycles. The number of benzene rings is 1. The monoisotopic (exact) mass is 288 g/mol. The van der Waals surface area contributed by atoms with Gasteiger partial charge in [0.2, 0.25) is 5.91 Å². The third-order valence-corrected chi connectivity index (χ3v) is 3.15. The van der Waals surface area contributed by atoms with Crippen molar-refractivity contribution in [2.45, 2.75) is 12.5 Å². The molecule has 0 aromatic heterocycles. The molecule has 1 aromatic rings. The Balaban J connectivity index is 2.34. The summed E-state index contributed by atoms with van der Waals surface area (Å²) >= 11 is 9.38. The summed E-state index contributed by atoms with van der Waals surface area (Å²) in [6.45, 7) is 0.542. The van der Waals surface area contributed by atoms with Crippen molar-refractivity contribution in [1.29, 1.82) is 0 Å². The van der Waals surface area contributed by atoms with Crippen LogP contribution in [-0.4, -0.2) is 18.5 Å². The predicted molar refractivity (Wildman–Crippen MR) is 64.1 cm³/mol. The highest BCUT2D eigenvalue weighted by Gasteiger charge is 2.29. The zero-order valence-corrected chi connectivity index (χ0v) is 10.3. The third kappa shape index (κ3) is 2.17. The van der Waals surface area contributed by atoms with E-state index in [2.05, 4.69) is 15.9 Å². The van der Waals surface area contributed by atoms with Gasteiger partial charge < -0.3 is 10.6 Å². The zero-order valence-electron chi connectivity index (χ0n) is 7.91. The van der Waals surface area contributed by atoms with Crippen LogP contribution in [0, 0.1) is 0 Å². The molecule has 1 unspecified atom stereocenters. The first-order valence-electron chi connectivity index (χ1n) is 4.59. The average Bonchev–Trinajstić information content (AvgIpc) is 2.45. The maximum atomic E-state index is 11.6. The first-order chi connectivity index (χ1) is 7.08. The molecule has 1 fully saturated rings. The van der Waals surface area contributed by atoms with Gasteiger partial charge in [0.25, 0.3) is 0 Å². The van der Waals surface area contributed by atoms with E-state index < -0.39 is 0 Å². The van der Waals surface area contributed by atoms with Gasteiger partial charge in [-0.05, 0) is 18.2 Å². The molecule has 1 aliphatic heterocycles. The van der Waals surface area contributed by atoms with Gasteiger partial charge in [-0.3, -0.25) is 4.79 Å². The molecule has 0 spiro atoms. The molecule has 2 rings (SSSR count). The molecule has 1 aromatic carbocycles. The van der Waals surface area contributed by atoms with Gasteiger partial charge in [0.15, 0.2) is 0 Å². The lowest BCUT2D eigenvalue weighted by molar-refractivity contribution is -0.117. The van der Waals surface area contributed by atoms with Gasteiger partial charge in [0, 0.05) is 23.5 Å². The van der Waals surface area contributed by atoms with Crippen molar-refractivity contribution in [2.24, 2.45) is 5.73 Å². The Hall–Kier alpha value is -0.580. The fourth-order valence-electron chi connectivity index (χ4n) is 1.67. The van der Waals surface area contributed by atoms with Crippen LogP contribution in [0.1, 0.15) is 6.42 Å². The third-order valence-electron chi connectivity index (χ3n) is 2.36. The van der Waals surface area contributed by atoms with E-state index in [-0.39, 0.29) is 11.9 Å². The molecule has 0 aliphatic carbocycles. The Morgan fingerprint density at radius 3 is 2.80 bits per heavy atom. The standard InChI is InChI=1S/C10H10BrClN2O/c11-6-1-2-9(8(12)3-6)14-5-7(13)4-10(14)15/h1-3,7H,4-5,13H2. The molecule has 0 bridgehead atoms. The van der Waals surface area contributed by atoms with Gasteiger partial charge in [0.05, 0.1) is 10.7 Å². The second-order valence-electron chi connectivity index (χ2n) is 3.56. The summed E-state index contributed by atoms with van der Waals surface area (Å²) in [6.07, 6.45) is 0.395. The Labute approximate surface area is 101 Å². The fourth-order valence-corrected chi connectivity index (χ4v) is 2.44. The number of hydrogen-bond acceptors (Lipinski definition) is 2. The summed E-state index contributed by atoms with van der Waals surface area (Å²) in [7, 11) is 0. The highest BCUT2D eigenvalue weighted by Crippen LogP contribution is 2.31. The van der Waals surface area contributed by atoms with E-state index >= 15 is 0 Å². The number of carbonyl (C=O) groups is 1. The van der Waals surface area contributed by atoms with Crippen LogP contribution >= 0.6 is 27.5 Å². The van der Waals surface area contributed by atoms with E-state index in [0.29, 0.717) is 18.0 Å². The van der Waals surface area contributed by atoms with Crippen LogP contribution in [0.15, 0.2) is 22.7 Å². The van der Waals surface area contributed by atoms with Crippen molar-refractivity contribution in [1.82, 2.24) is 0 Å². The lowest BCUT2D eigenvalue weighted by Crippen LogP contribution is -2.28. The molecule has 1 heterocycles. The minimum Gasteiger partial charge on any atom is -0.326 e. The number of amides is 1.